The van der Waals surface area contributed by atoms with Crippen LogP contribution in [0.3, 0.4) is 0 Å². The van der Waals surface area contributed by atoms with Crippen LogP contribution in [0.4, 0.5) is 8.78 Å². The third-order valence-corrected chi connectivity index (χ3v) is 4.38. The molecule has 7 heteroatoms. The number of rotatable bonds is 4. The Morgan fingerprint density at radius 1 is 1.04 bits per heavy atom. The van der Waals surface area contributed by atoms with E-state index in [1.54, 1.807) is 0 Å². The second-order valence-corrected chi connectivity index (χ2v) is 6.09. The largest absolute Gasteiger partial charge is 0.343 e. The summed E-state index contributed by atoms with van der Waals surface area (Å²) in [6.07, 6.45) is 0. The first-order valence-corrected chi connectivity index (χ1v) is 8.01. The molecule has 4 nitrogen and oxygen atoms in total. The number of hydrogen-bond donors (Lipinski definition) is 1. The number of carbonyl (C=O) groups is 1. The molecule has 0 bridgehead atoms. The molecule has 1 aromatic heterocycles. The maximum atomic E-state index is 13.8. The van der Waals surface area contributed by atoms with Gasteiger partial charge in [-0.3, -0.25) is 4.79 Å². The first-order valence-electron chi connectivity index (χ1n) is 7.20. The molecule has 24 heavy (non-hydrogen) atoms. The zero-order valence-electron chi connectivity index (χ0n) is 12.7. The van der Waals surface area contributed by atoms with Gasteiger partial charge in [-0.15, -0.1) is 10.2 Å². The van der Waals surface area contributed by atoms with E-state index in [4.69, 9.17) is 0 Å². The lowest BCUT2D eigenvalue weighted by Crippen LogP contribution is -2.26. The van der Waals surface area contributed by atoms with Gasteiger partial charge in [-0.2, -0.15) is 0 Å². The van der Waals surface area contributed by atoms with Crippen molar-refractivity contribution in [3.8, 4) is 10.6 Å². The van der Waals surface area contributed by atoms with E-state index in [9.17, 15) is 13.6 Å². The van der Waals surface area contributed by atoms with Crippen LogP contribution < -0.4 is 5.32 Å². The number of aromatic nitrogens is 2. The van der Waals surface area contributed by atoms with Gasteiger partial charge < -0.3 is 5.32 Å². The Labute approximate surface area is 141 Å². The van der Waals surface area contributed by atoms with Gasteiger partial charge >= 0.3 is 0 Å². The summed E-state index contributed by atoms with van der Waals surface area (Å²) in [6, 6.07) is 12.7. The van der Waals surface area contributed by atoms with E-state index in [-0.39, 0.29) is 21.6 Å². The Bertz CT molecular complexity index is 847. The summed E-state index contributed by atoms with van der Waals surface area (Å²) in [5, 5.41) is 10.4. The molecular formula is C17H13F2N3OS. The Balaban J connectivity index is 1.79. The fourth-order valence-corrected chi connectivity index (χ4v) is 3.00. The van der Waals surface area contributed by atoms with Crippen molar-refractivity contribution < 1.29 is 13.6 Å². The van der Waals surface area contributed by atoms with E-state index in [2.05, 4.69) is 15.5 Å². The minimum Gasteiger partial charge on any atom is -0.343 e. The van der Waals surface area contributed by atoms with Gasteiger partial charge in [0, 0.05) is 0 Å². The zero-order valence-corrected chi connectivity index (χ0v) is 13.5. The Kier molecular flexibility index (Phi) is 4.61. The molecular weight excluding hydrogens is 332 g/mol. The van der Waals surface area contributed by atoms with Crippen LogP contribution in [0.2, 0.25) is 0 Å². The van der Waals surface area contributed by atoms with Crippen molar-refractivity contribution in [1.29, 1.82) is 0 Å². The lowest BCUT2D eigenvalue weighted by Gasteiger charge is -2.12. The number of carbonyl (C=O) groups excluding carboxylic acids is 1. The summed E-state index contributed by atoms with van der Waals surface area (Å²) >= 11 is 0.845. The molecule has 3 aromatic rings. The molecule has 2 aromatic carbocycles. The highest BCUT2D eigenvalue weighted by Gasteiger charge is 2.20. The summed E-state index contributed by atoms with van der Waals surface area (Å²) < 4.78 is 27.6. The highest BCUT2D eigenvalue weighted by molar-refractivity contribution is 7.16. The van der Waals surface area contributed by atoms with Crippen molar-refractivity contribution in [1.82, 2.24) is 15.5 Å². The van der Waals surface area contributed by atoms with Crippen molar-refractivity contribution >= 4 is 17.2 Å². The fourth-order valence-electron chi connectivity index (χ4n) is 2.20. The SMILES string of the molecule is C[C@H](NC(=O)c1nnc(-c2c(F)cccc2F)s1)c1ccccc1. The quantitative estimate of drug-likeness (QED) is 0.778. The van der Waals surface area contributed by atoms with Gasteiger partial charge in [-0.1, -0.05) is 47.7 Å². The monoisotopic (exact) mass is 345 g/mol. The van der Waals surface area contributed by atoms with Gasteiger partial charge in [0.05, 0.1) is 11.6 Å². The minimum atomic E-state index is -0.740. The van der Waals surface area contributed by atoms with Crippen LogP contribution in [0.25, 0.3) is 10.6 Å². The van der Waals surface area contributed by atoms with E-state index >= 15 is 0 Å². The Hall–Kier alpha value is -2.67. The minimum absolute atomic E-state index is 0.0307. The number of amides is 1. The summed E-state index contributed by atoms with van der Waals surface area (Å²) in [6.45, 7) is 1.84. The van der Waals surface area contributed by atoms with E-state index in [0.717, 1.165) is 29.0 Å². The van der Waals surface area contributed by atoms with Crippen LogP contribution >= 0.6 is 11.3 Å². The molecule has 0 aliphatic rings. The van der Waals surface area contributed by atoms with Crippen molar-refractivity contribution in [2.75, 3.05) is 0 Å². The predicted molar refractivity (Wildman–Crippen MR) is 87.6 cm³/mol. The highest BCUT2D eigenvalue weighted by Crippen LogP contribution is 2.28. The molecule has 0 unspecified atom stereocenters. The number of nitrogens with zero attached hydrogens (tertiary/aromatic N) is 2. The first-order chi connectivity index (χ1) is 11.6. The molecule has 0 radical (unpaired) electrons. The van der Waals surface area contributed by atoms with E-state index in [1.807, 2.05) is 37.3 Å². The molecule has 3 rings (SSSR count). The van der Waals surface area contributed by atoms with Gasteiger partial charge in [0.1, 0.15) is 11.6 Å². The molecule has 1 N–H and O–H groups in total. The molecule has 0 saturated heterocycles. The maximum Gasteiger partial charge on any atom is 0.282 e. The van der Waals surface area contributed by atoms with Crippen molar-refractivity contribution in [3.05, 3.63) is 70.7 Å². The Morgan fingerprint density at radius 3 is 2.38 bits per heavy atom. The van der Waals surface area contributed by atoms with E-state index in [0.29, 0.717) is 0 Å². The molecule has 0 aliphatic carbocycles. The lowest BCUT2D eigenvalue weighted by molar-refractivity contribution is 0.0939. The first kappa shape index (κ1) is 16.2. The number of benzene rings is 2. The summed E-state index contributed by atoms with van der Waals surface area (Å²) in [7, 11) is 0. The van der Waals surface area contributed by atoms with Crippen molar-refractivity contribution in [3.63, 3.8) is 0 Å². The van der Waals surface area contributed by atoms with Crippen LogP contribution in [-0.4, -0.2) is 16.1 Å². The number of nitrogens with one attached hydrogen (secondary N) is 1. The molecule has 0 saturated carbocycles. The fraction of sp³-hybridized carbons (Fsp3) is 0.118. The van der Waals surface area contributed by atoms with Gasteiger partial charge in [0.2, 0.25) is 5.01 Å². The molecule has 1 atom stereocenters. The van der Waals surface area contributed by atoms with Crippen LogP contribution in [0.15, 0.2) is 48.5 Å². The molecule has 1 amide bonds. The molecule has 1 heterocycles. The standard InChI is InChI=1S/C17H13F2N3OS/c1-10(11-6-3-2-4-7-11)20-15(23)17-22-21-16(24-17)14-12(18)8-5-9-13(14)19/h2-10H,1H3,(H,20,23)/t10-/m0/s1. The summed E-state index contributed by atoms with van der Waals surface area (Å²) in [5.74, 6) is -1.92. The normalized spacial score (nSPS) is 12.0. The average molecular weight is 345 g/mol. The maximum absolute atomic E-state index is 13.8. The van der Waals surface area contributed by atoms with Crippen LogP contribution in [0.1, 0.15) is 28.3 Å². The summed E-state index contributed by atoms with van der Waals surface area (Å²) in [4.78, 5) is 12.3. The topological polar surface area (TPSA) is 54.9 Å². The summed E-state index contributed by atoms with van der Waals surface area (Å²) in [5.41, 5.74) is 0.667. The van der Waals surface area contributed by atoms with Crippen molar-refractivity contribution in [2.45, 2.75) is 13.0 Å². The van der Waals surface area contributed by atoms with Crippen molar-refractivity contribution in [2.24, 2.45) is 0 Å². The van der Waals surface area contributed by atoms with Crippen LogP contribution in [0.5, 0.6) is 0 Å². The molecule has 0 fully saturated rings. The van der Waals surface area contributed by atoms with E-state index < -0.39 is 17.5 Å². The van der Waals surface area contributed by atoms with Crippen LogP contribution in [-0.2, 0) is 0 Å². The zero-order chi connectivity index (χ0) is 17.1. The Morgan fingerprint density at radius 2 is 1.71 bits per heavy atom. The van der Waals surface area contributed by atoms with Gasteiger partial charge in [-0.25, -0.2) is 8.78 Å². The lowest BCUT2D eigenvalue weighted by atomic mass is 10.1. The molecule has 0 aliphatic heterocycles. The second-order valence-electron chi connectivity index (χ2n) is 5.11. The molecule has 0 spiro atoms. The van der Waals surface area contributed by atoms with Gasteiger partial charge in [0.15, 0.2) is 5.01 Å². The van der Waals surface area contributed by atoms with Gasteiger partial charge in [0.25, 0.3) is 5.91 Å². The van der Waals surface area contributed by atoms with E-state index in [1.165, 1.54) is 6.07 Å². The van der Waals surface area contributed by atoms with Gasteiger partial charge in [-0.05, 0) is 24.6 Å². The second kappa shape index (κ2) is 6.84. The highest BCUT2D eigenvalue weighted by atomic mass is 32.1. The average Bonchev–Trinajstić information content (AvgIpc) is 3.05. The number of hydrogen-bond acceptors (Lipinski definition) is 4. The molecule has 122 valence electrons. The third kappa shape index (κ3) is 3.30. The number of halogens is 2. The van der Waals surface area contributed by atoms with Crippen LogP contribution in [0, 0.1) is 11.6 Å². The predicted octanol–water partition coefficient (Wildman–Crippen LogP) is 3.97. The third-order valence-electron chi connectivity index (χ3n) is 3.44. The smallest absolute Gasteiger partial charge is 0.282 e.